The number of benzene rings is 2. The Morgan fingerprint density at radius 1 is 1.21 bits per heavy atom. The van der Waals surface area contributed by atoms with Gasteiger partial charge in [-0.2, -0.15) is 5.26 Å². The molecule has 1 atom stereocenters. The van der Waals surface area contributed by atoms with Gasteiger partial charge in [-0.15, -0.1) is 0 Å². The zero-order chi connectivity index (χ0) is 13.8. The lowest BCUT2D eigenvalue weighted by Crippen LogP contribution is -2.09. The molecule has 0 aromatic heterocycles. The van der Waals surface area contributed by atoms with Crippen molar-refractivity contribution < 1.29 is 4.39 Å². The SMILES string of the molecule is N#CC(Nc1ccc(Cl)cc1)c1cc(F)ccc1Br. The number of rotatable bonds is 3. The molecule has 5 heteroatoms. The number of nitrogens with zero attached hydrogens (tertiary/aromatic N) is 1. The van der Waals surface area contributed by atoms with Crippen molar-refractivity contribution in [1.82, 2.24) is 0 Å². The zero-order valence-electron chi connectivity index (χ0n) is 9.70. The van der Waals surface area contributed by atoms with Crippen LogP contribution < -0.4 is 5.32 Å². The van der Waals surface area contributed by atoms with Crippen LogP contribution in [0.25, 0.3) is 0 Å². The molecule has 0 amide bonds. The summed E-state index contributed by atoms with van der Waals surface area (Å²) < 4.78 is 13.9. The van der Waals surface area contributed by atoms with Gasteiger partial charge in [0.15, 0.2) is 0 Å². The fourth-order valence-electron chi connectivity index (χ4n) is 1.63. The Labute approximate surface area is 123 Å². The van der Waals surface area contributed by atoms with Crippen LogP contribution in [0.2, 0.25) is 5.02 Å². The topological polar surface area (TPSA) is 35.8 Å². The minimum absolute atomic E-state index is 0.378. The Morgan fingerprint density at radius 2 is 1.89 bits per heavy atom. The highest BCUT2D eigenvalue weighted by molar-refractivity contribution is 9.10. The summed E-state index contributed by atoms with van der Waals surface area (Å²) in [5.41, 5.74) is 1.30. The molecule has 0 bridgehead atoms. The molecule has 1 N–H and O–H groups in total. The predicted octanol–water partition coefficient (Wildman–Crippen LogP) is 4.92. The number of hydrogen-bond acceptors (Lipinski definition) is 2. The van der Waals surface area contributed by atoms with Crippen molar-refractivity contribution in [3.63, 3.8) is 0 Å². The Hall–Kier alpha value is -1.57. The Bertz CT molecular complexity index is 622. The van der Waals surface area contributed by atoms with E-state index < -0.39 is 6.04 Å². The summed E-state index contributed by atoms with van der Waals surface area (Å²) in [7, 11) is 0. The van der Waals surface area contributed by atoms with Gasteiger partial charge in [0, 0.05) is 20.7 Å². The van der Waals surface area contributed by atoms with Crippen LogP contribution in [-0.4, -0.2) is 0 Å². The molecule has 0 aliphatic rings. The van der Waals surface area contributed by atoms with E-state index in [1.165, 1.54) is 12.1 Å². The first-order chi connectivity index (χ1) is 9.10. The Morgan fingerprint density at radius 3 is 2.53 bits per heavy atom. The molecule has 2 nitrogen and oxygen atoms in total. The van der Waals surface area contributed by atoms with Crippen LogP contribution in [0.1, 0.15) is 11.6 Å². The van der Waals surface area contributed by atoms with Gasteiger partial charge in [0.1, 0.15) is 11.9 Å². The van der Waals surface area contributed by atoms with Crippen LogP contribution in [0, 0.1) is 17.1 Å². The van der Waals surface area contributed by atoms with Crippen molar-refractivity contribution in [3.8, 4) is 6.07 Å². The van der Waals surface area contributed by atoms with Crippen molar-refractivity contribution in [1.29, 1.82) is 5.26 Å². The van der Waals surface area contributed by atoms with Crippen molar-refractivity contribution in [2.75, 3.05) is 5.32 Å². The second-order valence-electron chi connectivity index (χ2n) is 3.88. The second kappa shape index (κ2) is 6.05. The summed E-state index contributed by atoms with van der Waals surface area (Å²) in [5, 5.41) is 12.9. The fraction of sp³-hybridized carbons (Fsp3) is 0.0714. The van der Waals surface area contributed by atoms with E-state index in [-0.39, 0.29) is 5.82 Å². The molecular weight excluding hydrogens is 331 g/mol. The predicted molar refractivity (Wildman–Crippen MR) is 77.5 cm³/mol. The first kappa shape index (κ1) is 13.9. The molecule has 0 saturated heterocycles. The second-order valence-corrected chi connectivity index (χ2v) is 5.17. The van der Waals surface area contributed by atoms with E-state index in [0.29, 0.717) is 15.1 Å². The maximum absolute atomic E-state index is 13.3. The Balaban J connectivity index is 2.28. The third-order valence-corrected chi connectivity index (χ3v) is 3.53. The monoisotopic (exact) mass is 338 g/mol. The van der Waals surface area contributed by atoms with E-state index in [2.05, 4.69) is 27.3 Å². The lowest BCUT2D eigenvalue weighted by Gasteiger charge is -2.15. The summed E-state index contributed by atoms with van der Waals surface area (Å²) in [4.78, 5) is 0. The molecule has 0 saturated carbocycles. The van der Waals surface area contributed by atoms with Gasteiger partial charge in [-0.25, -0.2) is 4.39 Å². The summed E-state index contributed by atoms with van der Waals surface area (Å²) in [6, 6.07) is 12.7. The molecule has 2 rings (SSSR count). The molecule has 2 aromatic rings. The fourth-order valence-corrected chi connectivity index (χ4v) is 2.23. The van der Waals surface area contributed by atoms with Crippen LogP contribution in [0.3, 0.4) is 0 Å². The van der Waals surface area contributed by atoms with Crippen molar-refractivity contribution in [2.24, 2.45) is 0 Å². The molecular formula is C14H9BrClFN2. The maximum Gasteiger partial charge on any atom is 0.141 e. The van der Waals surface area contributed by atoms with E-state index in [9.17, 15) is 9.65 Å². The standard InChI is InChI=1S/C14H9BrClFN2/c15-13-6-3-10(17)7-12(13)14(8-18)19-11-4-1-9(16)2-5-11/h1-7,14,19H. The summed E-state index contributed by atoms with van der Waals surface area (Å²) in [6.45, 7) is 0. The number of anilines is 1. The third-order valence-electron chi connectivity index (χ3n) is 2.55. The first-order valence-electron chi connectivity index (χ1n) is 5.47. The molecule has 19 heavy (non-hydrogen) atoms. The van der Waals surface area contributed by atoms with E-state index in [1.54, 1.807) is 30.3 Å². The van der Waals surface area contributed by atoms with Crippen LogP contribution in [-0.2, 0) is 0 Å². The van der Waals surface area contributed by atoms with Gasteiger partial charge < -0.3 is 5.32 Å². The first-order valence-corrected chi connectivity index (χ1v) is 6.64. The lowest BCUT2D eigenvalue weighted by molar-refractivity contribution is 0.624. The van der Waals surface area contributed by atoms with Gasteiger partial charge in [-0.3, -0.25) is 0 Å². The molecule has 0 aliphatic carbocycles. The van der Waals surface area contributed by atoms with Crippen LogP contribution in [0.5, 0.6) is 0 Å². The third kappa shape index (κ3) is 3.46. The quantitative estimate of drug-likeness (QED) is 0.861. The summed E-state index contributed by atoms with van der Waals surface area (Å²) in [5.74, 6) is -0.378. The van der Waals surface area contributed by atoms with E-state index >= 15 is 0 Å². The molecule has 0 radical (unpaired) electrons. The normalized spacial score (nSPS) is 11.7. The van der Waals surface area contributed by atoms with Gasteiger partial charge in [0.05, 0.1) is 6.07 Å². The number of halogens is 3. The summed E-state index contributed by atoms with van der Waals surface area (Å²) >= 11 is 9.11. The molecule has 1 unspecified atom stereocenters. The minimum atomic E-state index is -0.647. The van der Waals surface area contributed by atoms with Crippen LogP contribution in [0.15, 0.2) is 46.9 Å². The molecule has 0 fully saturated rings. The number of hydrogen-bond donors (Lipinski definition) is 1. The average molecular weight is 340 g/mol. The average Bonchev–Trinajstić information content (AvgIpc) is 2.41. The van der Waals surface area contributed by atoms with E-state index in [0.717, 1.165) is 5.69 Å². The highest BCUT2D eigenvalue weighted by atomic mass is 79.9. The Kier molecular flexibility index (Phi) is 4.41. The van der Waals surface area contributed by atoms with Gasteiger partial charge in [0.2, 0.25) is 0 Å². The molecule has 0 aliphatic heterocycles. The van der Waals surface area contributed by atoms with Crippen LogP contribution >= 0.6 is 27.5 Å². The smallest absolute Gasteiger partial charge is 0.141 e. The number of nitrogens with one attached hydrogen (secondary N) is 1. The zero-order valence-corrected chi connectivity index (χ0v) is 12.0. The van der Waals surface area contributed by atoms with Crippen LogP contribution in [0.4, 0.5) is 10.1 Å². The van der Waals surface area contributed by atoms with E-state index in [1.807, 2.05) is 0 Å². The minimum Gasteiger partial charge on any atom is -0.366 e. The molecule has 0 spiro atoms. The molecule has 0 heterocycles. The highest BCUT2D eigenvalue weighted by Crippen LogP contribution is 2.27. The van der Waals surface area contributed by atoms with Gasteiger partial charge in [-0.05, 0) is 42.5 Å². The number of nitriles is 1. The van der Waals surface area contributed by atoms with Crippen molar-refractivity contribution in [2.45, 2.75) is 6.04 Å². The van der Waals surface area contributed by atoms with Gasteiger partial charge in [0.25, 0.3) is 0 Å². The van der Waals surface area contributed by atoms with Gasteiger partial charge in [-0.1, -0.05) is 27.5 Å². The van der Waals surface area contributed by atoms with Gasteiger partial charge >= 0.3 is 0 Å². The molecule has 96 valence electrons. The maximum atomic E-state index is 13.3. The lowest BCUT2D eigenvalue weighted by atomic mass is 10.1. The van der Waals surface area contributed by atoms with Crippen molar-refractivity contribution >= 4 is 33.2 Å². The summed E-state index contributed by atoms with van der Waals surface area (Å²) in [6.07, 6.45) is 0. The van der Waals surface area contributed by atoms with E-state index in [4.69, 9.17) is 11.6 Å². The largest absolute Gasteiger partial charge is 0.366 e. The highest BCUT2D eigenvalue weighted by Gasteiger charge is 2.14. The molecule has 2 aromatic carbocycles. The van der Waals surface area contributed by atoms with Crippen molar-refractivity contribution in [3.05, 3.63) is 63.3 Å².